The minimum atomic E-state index is -0.874. The maximum absolute atomic E-state index is 12.2. The van der Waals surface area contributed by atoms with Crippen LogP contribution in [0.5, 0.6) is 0 Å². The van der Waals surface area contributed by atoms with Gasteiger partial charge in [-0.3, -0.25) is 14.2 Å². The number of amides is 2. The van der Waals surface area contributed by atoms with Crippen molar-refractivity contribution in [3.8, 4) is 0 Å². The second-order valence-corrected chi connectivity index (χ2v) is 5.90. The number of carbonyl (C=O) groups is 2. The molecule has 7 nitrogen and oxygen atoms in total. The fourth-order valence-electron chi connectivity index (χ4n) is 2.82. The fraction of sp³-hybridized carbons (Fsp3) is 0.211. The van der Waals surface area contributed by atoms with Gasteiger partial charge in [0, 0.05) is 13.0 Å². The van der Waals surface area contributed by atoms with Gasteiger partial charge in [0.2, 0.25) is 11.8 Å². The predicted molar refractivity (Wildman–Crippen MR) is 96.2 cm³/mol. The van der Waals surface area contributed by atoms with E-state index >= 15 is 0 Å². The average molecular weight is 353 g/mol. The van der Waals surface area contributed by atoms with E-state index in [9.17, 15) is 14.4 Å². The van der Waals surface area contributed by atoms with Gasteiger partial charge in [-0.1, -0.05) is 42.5 Å². The van der Waals surface area contributed by atoms with Crippen molar-refractivity contribution >= 4 is 22.9 Å². The number of aryl methyl sites for hydroxylation is 1. The number of nitrogens with one attached hydrogen (secondary N) is 1. The zero-order valence-electron chi connectivity index (χ0n) is 14.1. The number of nitrogens with two attached hydrogens (primary N) is 1. The highest BCUT2D eigenvalue weighted by Crippen LogP contribution is 2.14. The number of fused-ring (bicyclic) bond motifs is 1. The highest BCUT2D eigenvalue weighted by molar-refractivity contribution is 5.87. The van der Waals surface area contributed by atoms with E-state index in [4.69, 9.17) is 10.2 Å². The summed E-state index contributed by atoms with van der Waals surface area (Å²) in [7, 11) is 0. The van der Waals surface area contributed by atoms with Crippen LogP contribution in [0.2, 0.25) is 0 Å². The Bertz CT molecular complexity index is 975. The molecule has 1 heterocycles. The molecule has 7 heteroatoms. The van der Waals surface area contributed by atoms with Gasteiger partial charge >= 0.3 is 5.76 Å². The van der Waals surface area contributed by atoms with Gasteiger partial charge in [-0.2, -0.15) is 0 Å². The van der Waals surface area contributed by atoms with E-state index in [0.29, 0.717) is 29.6 Å². The molecule has 1 unspecified atom stereocenters. The Morgan fingerprint density at radius 1 is 1.08 bits per heavy atom. The highest BCUT2D eigenvalue weighted by atomic mass is 16.4. The van der Waals surface area contributed by atoms with Crippen LogP contribution < -0.4 is 16.8 Å². The van der Waals surface area contributed by atoms with Crippen LogP contribution in [0.4, 0.5) is 0 Å². The van der Waals surface area contributed by atoms with Gasteiger partial charge in [0.25, 0.3) is 0 Å². The van der Waals surface area contributed by atoms with Crippen LogP contribution in [0.1, 0.15) is 24.4 Å². The van der Waals surface area contributed by atoms with Crippen molar-refractivity contribution in [2.75, 3.05) is 0 Å². The molecule has 1 atom stereocenters. The van der Waals surface area contributed by atoms with E-state index in [0.717, 1.165) is 0 Å². The Morgan fingerprint density at radius 3 is 2.50 bits per heavy atom. The van der Waals surface area contributed by atoms with Crippen molar-refractivity contribution < 1.29 is 14.0 Å². The lowest BCUT2D eigenvalue weighted by Gasteiger charge is -2.15. The number of oxazole rings is 1. The first-order valence-corrected chi connectivity index (χ1v) is 8.28. The predicted octanol–water partition coefficient (Wildman–Crippen LogP) is 1.72. The van der Waals surface area contributed by atoms with E-state index in [-0.39, 0.29) is 12.3 Å². The number of rotatable bonds is 7. The SMILES string of the molecule is NC(=O)C(NC(=O)CCCn1c(=O)oc2ccccc21)c1ccccc1. The number of carbonyl (C=O) groups excluding carboxylic acids is 2. The number of hydrogen-bond acceptors (Lipinski definition) is 4. The fourth-order valence-corrected chi connectivity index (χ4v) is 2.82. The minimum Gasteiger partial charge on any atom is -0.408 e. The van der Waals surface area contributed by atoms with E-state index in [1.807, 2.05) is 12.1 Å². The van der Waals surface area contributed by atoms with Gasteiger partial charge in [-0.15, -0.1) is 0 Å². The summed E-state index contributed by atoms with van der Waals surface area (Å²) in [5, 5.41) is 2.64. The summed E-state index contributed by atoms with van der Waals surface area (Å²) in [5.74, 6) is -1.38. The summed E-state index contributed by atoms with van der Waals surface area (Å²) in [6.07, 6.45) is 0.581. The van der Waals surface area contributed by atoms with E-state index in [1.165, 1.54) is 4.57 Å². The summed E-state index contributed by atoms with van der Waals surface area (Å²) in [6, 6.07) is 15.1. The lowest BCUT2D eigenvalue weighted by Crippen LogP contribution is -2.37. The molecule has 2 amide bonds. The standard InChI is InChI=1S/C19H19N3O4/c20-18(24)17(13-7-2-1-3-8-13)21-16(23)11-6-12-22-14-9-4-5-10-15(14)26-19(22)25/h1-5,7-10,17H,6,11-12H2,(H2,20,24)(H,21,23). The molecular weight excluding hydrogens is 334 g/mol. The van der Waals surface area contributed by atoms with Crippen molar-refractivity contribution in [2.45, 2.75) is 25.4 Å². The molecular formula is C19H19N3O4. The van der Waals surface area contributed by atoms with Gasteiger partial charge in [-0.25, -0.2) is 4.79 Å². The molecule has 3 rings (SSSR count). The molecule has 134 valence electrons. The number of hydrogen-bond donors (Lipinski definition) is 2. The molecule has 0 saturated carbocycles. The molecule has 3 N–H and O–H groups in total. The summed E-state index contributed by atoms with van der Waals surface area (Å²) >= 11 is 0. The van der Waals surface area contributed by atoms with Crippen molar-refractivity contribution in [1.29, 1.82) is 0 Å². The molecule has 3 aromatic rings. The Morgan fingerprint density at radius 2 is 1.77 bits per heavy atom. The van der Waals surface area contributed by atoms with Crippen LogP contribution in [0.3, 0.4) is 0 Å². The van der Waals surface area contributed by atoms with Gasteiger partial charge in [0.05, 0.1) is 5.52 Å². The number of nitrogens with zero attached hydrogens (tertiary/aromatic N) is 1. The molecule has 0 fully saturated rings. The third-order valence-electron chi connectivity index (χ3n) is 4.08. The Balaban J connectivity index is 1.61. The van der Waals surface area contributed by atoms with Crippen LogP contribution in [0.15, 0.2) is 63.8 Å². The summed E-state index contributed by atoms with van der Waals surface area (Å²) in [5.41, 5.74) is 7.23. The van der Waals surface area contributed by atoms with E-state index in [2.05, 4.69) is 5.32 Å². The van der Waals surface area contributed by atoms with Crippen LogP contribution in [0, 0.1) is 0 Å². The quantitative estimate of drug-likeness (QED) is 0.674. The maximum atomic E-state index is 12.2. The van der Waals surface area contributed by atoms with Crippen molar-refractivity contribution in [2.24, 2.45) is 5.73 Å². The maximum Gasteiger partial charge on any atom is 0.419 e. The van der Waals surface area contributed by atoms with E-state index in [1.54, 1.807) is 42.5 Å². The molecule has 0 bridgehead atoms. The highest BCUT2D eigenvalue weighted by Gasteiger charge is 2.19. The topological polar surface area (TPSA) is 107 Å². The lowest BCUT2D eigenvalue weighted by atomic mass is 10.1. The zero-order chi connectivity index (χ0) is 18.5. The van der Waals surface area contributed by atoms with Crippen molar-refractivity contribution in [3.05, 3.63) is 70.7 Å². The molecule has 0 aliphatic rings. The number of primary amides is 1. The number of aromatic nitrogens is 1. The Labute approximate surface area is 149 Å². The third-order valence-corrected chi connectivity index (χ3v) is 4.08. The monoisotopic (exact) mass is 353 g/mol. The second kappa shape index (κ2) is 7.69. The molecule has 0 radical (unpaired) electrons. The summed E-state index contributed by atoms with van der Waals surface area (Å²) in [6.45, 7) is 0.343. The van der Waals surface area contributed by atoms with Gasteiger partial charge in [0.15, 0.2) is 5.58 Å². The molecule has 2 aromatic carbocycles. The largest absolute Gasteiger partial charge is 0.419 e. The van der Waals surface area contributed by atoms with Crippen molar-refractivity contribution in [1.82, 2.24) is 9.88 Å². The van der Waals surface area contributed by atoms with Gasteiger partial charge in [0.1, 0.15) is 6.04 Å². The molecule has 0 spiro atoms. The number of benzene rings is 2. The van der Waals surface area contributed by atoms with Gasteiger partial charge < -0.3 is 15.5 Å². The second-order valence-electron chi connectivity index (χ2n) is 5.90. The Hall–Kier alpha value is -3.35. The van der Waals surface area contributed by atoms with Crippen LogP contribution in [-0.2, 0) is 16.1 Å². The van der Waals surface area contributed by atoms with Gasteiger partial charge in [-0.05, 0) is 24.1 Å². The summed E-state index contributed by atoms with van der Waals surface area (Å²) in [4.78, 5) is 35.7. The molecule has 0 aliphatic heterocycles. The molecule has 1 aromatic heterocycles. The minimum absolute atomic E-state index is 0.155. The average Bonchev–Trinajstić information content (AvgIpc) is 2.96. The third kappa shape index (κ3) is 3.83. The number of para-hydroxylation sites is 2. The first kappa shape index (κ1) is 17.5. The van der Waals surface area contributed by atoms with Crippen LogP contribution in [0.25, 0.3) is 11.1 Å². The van der Waals surface area contributed by atoms with Crippen LogP contribution in [-0.4, -0.2) is 16.4 Å². The zero-order valence-corrected chi connectivity index (χ0v) is 14.1. The smallest absolute Gasteiger partial charge is 0.408 e. The lowest BCUT2D eigenvalue weighted by molar-refractivity contribution is -0.127. The first-order chi connectivity index (χ1) is 12.6. The normalized spacial score (nSPS) is 12.0. The molecule has 26 heavy (non-hydrogen) atoms. The van der Waals surface area contributed by atoms with Crippen LogP contribution >= 0.6 is 0 Å². The Kier molecular flexibility index (Phi) is 5.17. The molecule has 0 aliphatic carbocycles. The van der Waals surface area contributed by atoms with Crippen molar-refractivity contribution in [3.63, 3.8) is 0 Å². The van der Waals surface area contributed by atoms with E-state index < -0.39 is 17.7 Å². The molecule has 0 saturated heterocycles. The first-order valence-electron chi connectivity index (χ1n) is 8.28. The summed E-state index contributed by atoms with van der Waals surface area (Å²) < 4.78 is 6.65.